The normalized spacial score (nSPS) is 15.3. The summed E-state index contributed by atoms with van der Waals surface area (Å²) >= 11 is 1.53. The molecule has 6 nitrogen and oxygen atoms in total. The molecule has 1 aliphatic heterocycles. The molecule has 3 aromatic rings. The molecule has 1 saturated heterocycles. The monoisotopic (exact) mass is 421 g/mol. The Balaban J connectivity index is 1.54. The van der Waals surface area contributed by atoms with E-state index in [9.17, 15) is 4.79 Å². The number of nitrogens with zero attached hydrogens (tertiary/aromatic N) is 4. The number of carbonyl (C=O) groups is 1. The Morgan fingerprint density at radius 3 is 2.73 bits per heavy atom. The highest BCUT2D eigenvalue weighted by atomic mass is 32.2. The largest absolute Gasteiger partial charge is 0.307 e. The van der Waals surface area contributed by atoms with E-state index >= 15 is 0 Å². The first-order chi connectivity index (χ1) is 14.5. The summed E-state index contributed by atoms with van der Waals surface area (Å²) in [5, 5.41) is 8.25. The van der Waals surface area contributed by atoms with Crippen molar-refractivity contribution in [3.8, 4) is 0 Å². The maximum Gasteiger partial charge on any atom is 0.259 e. The van der Waals surface area contributed by atoms with Crippen LogP contribution in [0.5, 0.6) is 0 Å². The van der Waals surface area contributed by atoms with Gasteiger partial charge in [0.15, 0.2) is 0 Å². The summed E-state index contributed by atoms with van der Waals surface area (Å²) in [6.07, 6.45) is 5.54. The molecular formula is C23H27N5OS. The van der Waals surface area contributed by atoms with Gasteiger partial charge in [-0.3, -0.25) is 4.79 Å². The van der Waals surface area contributed by atoms with Crippen LogP contribution < -0.4 is 5.32 Å². The average Bonchev–Trinajstić information content (AvgIpc) is 3.19. The van der Waals surface area contributed by atoms with Crippen molar-refractivity contribution in [1.82, 2.24) is 19.7 Å². The molecule has 156 valence electrons. The quantitative estimate of drug-likeness (QED) is 0.654. The number of hydrogen-bond acceptors (Lipinski definition) is 5. The zero-order chi connectivity index (χ0) is 21.1. The number of anilines is 1. The van der Waals surface area contributed by atoms with Gasteiger partial charge >= 0.3 is 0 Å². The van der Waals surface area contributed by atoms with Gasteiger partial charge in [-0.1, -0.05) is 23.9 Å². The molecule has 0 spiro atoms. The molecule has 0 aliphatic carbocycles. The van der Waals surface area contributed by atoms with Crippen LogP contribution in [0.2, 0.25) is 0 Å². The first-order valence-corrected chi connectivity index (χ1v) is 11.1. The summed E-state index contributed by atoms with van der Waals surface area (Å²) in [5.74, 6) is 0.576. The first kappa shape index (κ1) is 20.6. The smallest absolute Gasteiger partial charge is 0.259 e. The molecule has 0 unspecified atom stereocenters. The fraction of sp³-hybridized carbons (Fsp3) is 0.348. The van der Waals surface area contributed by atoms with Gasteiger partial charge in [0.2, 0.25) is 0 Å². The van der Waals surface area contributed by atoms with Gasteiger partial charge in [0.25, 0.3) is 5.91 Å². The van der Waals surface area contributed by atoms with Crippen LogP contribution in [-0.2, 0) is 0 Å². The summed E-state index contributed by atoms with van der Waals surface area (Å²) in [6, 6.07) is 12.1. The first-order valence-electron chi connectivity index (χ1n) is 10.2. The summed E-state index contributed by atoms with van der Waals surface area (Å²) < 4.78 is 1.96. The number of hydrogen-bond donors (Lipinski definition) is 1. The topological polar surface area (TPSA) is 63.1 Å². The van der Waals surface area contributed by atoms with E-state index in [2.05, 4.69) is 59.4 Å². The standard InChI is InChI=1S/C23H27N5OS/c1-16-6-7-17(2)20(15-16)30-23-19(5-4-11-24-23)22(29)26-21-8-12-25-28(21)18-9-13-27(3)14-10-18/h4-8,11-12,15,18H,9-10,13-14H2,1-3H3,(H,26,29). The molecule has 1 aromatic carbocycles. The number of rotatable bonds is 5. The molecule has 0 saturated carbocycles. The van der Waals surface area contributed by atoms with Gasteiger partial charge in [-0.15, -0.1) is 0 Å². The number of carbonyl (C=O) groups excluding carboxylic acids is 1. The lowest BCUT2D eigenvalue weighted by atomic mass is 10.1. The molecule has 0 bridgehead atoms. The van der Waals surface area contributed by atoms with Gasteiger partial charge in [-0.2, -0.15) is 5.10 Å². The van der Waals surface area contributed by atoms with E-state index in [1.165, 1.54) is 22.9 Å². The van der Waals surface area contributed by atoms with Crippen LogP contribution in [0.1, 0.15) is 40.4 Å². The molecule has 30 heavy (non-hydrogen) atoms. The van der Waals surface area contributed by atoms with Gasteiger partial charge in [0, 0.05) is 17.2 Å². The second kappa shape index (κ2) is 9.02. The highest BCUT2D eigenvalue weighted by molar-refractivity contribution is 7.99. The molecule has 1 N–H and O–H groups in total. The fourth-order valence-electron chi connectivity index (χ4n) is 3.69. The van der Waals surface area contributed by atoms with E-state index in [1.807, 2.05) is 16.8 Å². The van der Waals surface area contributed by atoms with Crippen LogP contribution in [0.15, 0.2) is 58.7 Å². The fourth-order valence-corrected chi connectivity index (χ4v) is 4.76. The zero-order valence-electron chi connectivity index (χ0n) is 17.6. The summed E-state index contributed by atoms with van der Waals surface area (Å²) in [7, 11) is 2.14. The lowest BCUT2D eigenvalue weighted by Gasteiger charge is -2.30. The number of piperidine rings is 1. The summed E-state index contributed by atoms with van der Waals surface area (Å²) in [4.78, 5) is 21.1. The third-order valence-corrected chi connectivity index (χ3v) is 6.69. The Kier molecular flexibility index (Phi) is 6.20. The maximum absolute atomic E-state index is 13.1. The average molecular weight is 422 g/mol. The van der Waals surface area contributed by atoms with Crippen LogP contribution in [0.3, 0.4) is 0 Å². The predicted octanol–water partition coefficient (Wildman–Crippen LogP) is 4.57. The maximum atomic E-state index is 13.1. The lowest BCUT2D eigenvalue weighted by molar-refractivity contribution is 0.102. The molecule has 1 aliphatic rings. The van der Waals surface area contributed by atoms with Gasteiger partial charge in [0.1, 0.15) is 10.8 Å². The molecule has 0 atom stereocenters. The van der Waals surface area contributed by atoms with E-state index < -0.39 is 0 Å². The summed E-state index contributed by atoms with van der Waals surface area (Å²) in [6.45, 7) is 6.22. The Bertz CT molecular complexity index is 1040. The Labute approximate surface area is 181 Å². The van der Waals surface area contributed by atoms with Gasteiger partial charge in [-0.05, 0) is 76.2 Å². The zero-order valence-corrected chi connectivity index (χ0v) is 18.4. The second-order valence-electron chi connectivity index (χ2n) is 7.88. The van der Waals surface area contributed by atoms with Gasteiger partial charge in [-0.25, -0.2) is 9.67 Å². The van der Waals surface area contributed by atoms with Crippen LogP contribution in [0.4, 0.5) is 5.82 Å². The number of benzene rings is 1. The minimum Gasteiger partial charge on any atom is -0.307 e. The molecule has 0 radical (unpaired) electrons. The van der Waals surface area contributed by atoms with Crippen molar-refractivity contribution in [1.29, 1.82) is 0 Å². The highest BCUT2D eigenvalue weighted by Crippen LogP contribution is 2.32. The van der Waals surface area contributed by atoms with E-state index in [1.54, 1.807) is 18.5 Å². The van der Waals surface area contributed by atoms with Crippen molar-refractivity contribution in [2.45, 2.75) is 42.7 Å². The second-order valence-corrected chi connectivity index (χ2v) is 8.91. The van der Waals surface area contributed by atoms with Gasteiger partial charge in [0.05, 0.1) is 17.8 Å². The number of aryl methyl sites for hydroxylation is 2. The Morgan fingerprint density at radius 2 is 1.93 bits per heavy atom. The van der Waals surface area contributed by atoms with Crippen molar-refractivity contribution in [3.63, 3.8) is 0 Å². The van der Waals surface area contributed by atoms with Crippen molar-refractivity contribution < 1.29 is 4.79 Å². The number of nitrogens with one attached hydrogen (secondary N) is 1. The van der Waals surface area contributed by atoms with E-state index in [0.717, 1.165) is 36.6 Å². The highest BCUT2D eigenvalue weighted by Gasteiger charge is 2.22. The number of pyridine rings is 1. The summed E-state index contributed by atoms with van der Waals surface area (Å²) in [5.41, 5.74) is 2.93. The van der Waals surface area contributed by atoms with Crippen LogP contribution in [0.25, 0.3) is 0 Å². The van der Waals surface area contributed by atoms with Crippen LogP contribution >= 0.6 is 11.8 Å². The number of amides is 1. The van der Waals surface area contributed by atoms with Gasteiger partial charge < -0.3 is 10.2 Å². The van der Waals surface area contributed by atoms with Crippen molar-refractivity contribution in [2.75, 3.05) is 25.5 Å². The molecule has 1 amide bonds. The third-order valence-electron chi connectivity index (χ3n) is 5.51. The van der Waals surface area contributed by atoms with E-state index in [-0.39, 0.29) is 5.91 Å². The van der Waals surface area contributed by atoms with Crippen LogP contribution in [0, 0.1) is 13.8 Å². The molecule has 3 heterocycles. The molecule has 2 aromatic heterocycles. The SMILES string of the molecule is Cc1ccc(C)c(Sc2ncccc2C(=O)Nc2ccnn2C2CCN(C)CC2)c1. The number of aromatic nitrogens is 3. The Hall–Kier alpha value is -2.64. The minimum absolute atomic E-state index is 0.161. The molecule has 7 heteroatoms. The van der Waals surface area contributed by atoms with Crippen molar-refractivity contribution in [3.05, 3.63) is 65.5 Å². The third kappa shape index (κ3) is 4.57. The minimum atomic E-state index is -0.161. The lowest BCUT2D eigenvalue weighted by Crippen LogP contribution is -2.32. The molecular weight excluding hydrogens is 394 g/mol. The number of likely N-dealkylation sites (tertiary alicyclic amines) is 1. The van der Waals surface area contributed by atoms with E-state index in [0.29, 0.717) is 16.6 Å². The van der Waals surface area contributed by atoms with Crippen molar-refractivity contribution >= 4 is 23.5 Å². The van der Waals surface area contributed by atoms with Crippen LogP contribution in [-0.4, -0.2) is 45.7 Å². The molecule has 4 rings (SSSR count). The molecule has 1 fully saturated rings. The predicted molar refractivity (Wildman–Crippen MR) is 120 cm³/mol. The Morgan fingerprint density at radius 1 is 1.13 bits per heavy atom. The van der Waals surface area contributed by atoms with E-state index in [4.69, 9.17) is 0 Å². The van der Waals surface area contributed by atoms with Crippen molar-refractivity contribution in [2.24, 2.45) is 0 Å².